The number of anilines is 1. The highest BCUT2D eigenvalue weighted by Gasteiger charge is 2.40. The lowest BCUT2D eigenvalue weighted by Crippen LogP contribution is -2.42. The standard InChI is InChI=1S/C27H34N4O4S2/c1-27(2,3)25-23-24(20-8-6-15-36-20)37-17-22(33)30(16-21(32)28-13-7-14-34-4)26(23)31(29-25)18-9-11-19(35-5)12-10-18/h6,8-12,15,24H,7,13-14,16-17H2,1-5H3,(H,28,32). The van der Waals surface area contributed by atoms with Crippen LogP contribution in [0.3, 0.4) is 0 Å². The number of hydrogen-bond donors (Lipinski definition) is 1. The molecule has 8 nitrogen and oxygen atoms in total. The quantitative estimate of drug-likeness (QED) is 0.399. The van der Waals surface area contributed by atoms with Crippen LogP contribution in [0.25, 0.3) is 5.69 Å². The molecule has 4 rings (SSSR count). The number of methoxy groups -OCH3 is 2. The number of aromatic nitrogens is 2. The number of thiophene rings is 1. The number of benzene rings is 1. The van der Waals surface area contributed by atoms with Crippen molar-refractivity contribution in [2.24, 2.45) is 0 Å². The van der Waals surface area contributed by atoms with E-state index in [1.165, 1.54) is 0 Å². The van der Waals surface area contributed by atoms with E-state index in [1.54, 1.807) is 42.2 Å². The lowest BCUT2D eigenvalue weighted by molar-refractivity contribution is -0.122. The number of thioether (sulfide) groups is 1. The summed E-state index contributed by atoms with van der Waals surface area (Å²) in [6.45, 7) is 7.35. The molecule has 0 spiro atoms. The largest absolute Gasteiger partial charge is 0.497 e. The Morgan fingerprint density at radius 1 is 1.19 bits per heavy atom. The van der Waals surface area contributed by atoms with E-state index >= 15 is 0 Å². The zero-order valence-corrected chi connectivity index (χ0v) is 23.6. The average molecular weight is 543 g/mol. The first kappa shape index (κ1) is 27.2. The maximum atomic E-state index is 13.6. The summed E-state index contributed by atoms with van der Waals surface area (Å²) < 4.78 is 12.2. The van der Waals surface area contributed by atoms with E-state index < -0.39 is 0 Å². The zero-order valence-electron chi connectivity index (χ0n) is 21.9. The Labute approximate surface area is 226 Å². The molecule has 1 unspecified atom stereocenters. The van der Waals surface area contributed by atoms with Crippen LogP contribution in [-0.2, 0) is 19.7 Å². The molecule has 2 aromatic heterocycles. The van der Waals surface area contributed by atoms with Crippen molar-refractivity contribution in [2.45, 2.75) is 37.9 Å². The molecule has 10 heteroatoms. The molecule has 0 saturated heterocycles. The molecule has 1 atom stereocenters. The molecule has 2 amide bonds. The van der Waals surface area contributed by atoms with Crippen LogP contribution in [0.5, 0.6) is 5.75 Å². The van der Waals surface area contributed by atoms with Gasteiger partial charge in [-0.3, -0.25) is 14.5 Å². The van der Waals surface area contributed by atoms with Gasteiger partial charge in [-0.1, -0.05) is 26.8 Å². The molecule has 1 aliphatic heterocycles. The van der Waals surface area contributed by atoms with Crippen molar-refractivity contribution in [3.8, 4) is 11.4 Å². The normalized spacial score (nSPS) is 15.9. The fourth-order valence-electron chi connectivity index (χ4n) is 4.29. The third-order valence-electron chi connectivity index (χ3n) is 6.07. The highest BCUT2D eigenvalue weighted by atomic mass is 32.2. The highest BCUT2D eigenvalue weighted by Crippen LogP contribution is 2.49. The van der Waals surface area contributed by atoms with Crippen LogP contribution >= 0.6 is 23.1 Å². The molecule has 0 fully saturated rings. The van der Waals surface area contributed by atoms with Crippen molar-refractivity contribution in [1.29, 1.82) is 0 Å². The third-order valence-corrected chi connectivity index (χ3v) is 8.39. The Balaban J connectivity index is 1.87. The van der Waals surface area contributed by atoms with Gasteiger partial charge in [-0.2, -0.15) is 5.10 Å². The van der Waals surface area contributed by atoms with Gasteiger partial charge in [0.15, 0.2) is 0 Å². The first-order chi connectivity index (χ1) is 17.7. The number of carbonyl (C=O) groups excluding carboxylic acids is 2. The van der Waals surface area contributed by atoms with E-state index in [0.717, 1.165) is 27.6 Å². The van der Waals surface area contributed by atoms with Crippen LogP contribution in [0.1, 0.15) is 48.6 Å². The van der Waals surface area contributed by atoms with E-state index in [0.29, 0.717) is 25.4 Å². The maximum absolute atomic E-state index is 13.6. The Morgan fingerprint density at radius 3 is 2.57 bits per heavy atom. The van der Waals surface area contributed by atoms with E-state index in [9.17, 15) is 9.59 Å². The average Bonchev–Trinajstić information content (AvgIpc) is 3.52. The molecule has 0 bridgehead atoms. The first-order valence-corrected chi connectivity index (χ1v) is 14.2. The number of nitrogens with zero attached hydrogens (tertiary/aromatic N) is 3. The van der Waals surface area contributed by atoms with Crippen molar-refractivity contribution < 1.29 is 19.1 Å². The van der Waals surface area contributed by atoms with Gasteiger partial charge in [0.2, 0.25) is 11.8 Å². The monoisotopic (exact) mass is 542 g/mol. The summed E-state index contributed by atoms with van der Waals surface area (Å²) in [5.41, 5.74) is 2.39. The predicted octanol–water partition coefficient (Wildman–Crippen LogP) is 4.56. The minimum absolute atomic E-state index is 0.0741. The number of hydrogen-bond acceptors (Lipinski definition) is 7. The fourth-order valence-corrected chi connectivity index (χ4v) is 6.46. The van der Waals surface area contributed by atoms with E-state index in [4.69, 9.17) is 14.6 Å². The van der Waals surface area contributed by atoms with E-state index in [-0.39, 0.29) is 34.8 Å². The number of fused-ring (bicyclic) bond motifs is 1. The van der Waals surface area contributed by atoms with Crippen molar-refractivity contribution in [1.82, 2.24) is 15.1 Å². The number of nitrogens with one attached hydrogen (secondary N) is 1. The summed E-state index contributed by atoms with van der Waals surface area (Å²) in [6, 6.07) is 11.7. The summed E-state index contributed by atoms with van der Waals surface area (Å²) in [5.74, 6) is 1.31. The van der Waals surface area contributed by atoms with Gasteiger partial charge in [-0.15, -0.1) is 23.1 Å². The molecule has 3 heterocycles. The van der Waals surface area contributed by atoms with Crippen LogP contribution in [-0.4, -0.2) is 61.3 Å². The second-order valence-electron chi connectivity index (χ2n) is 9.83. The van der Waals surface area contributed by atoms with E-state index in [2.05, 4.69) is 37.5 Å². The SMILES string of the molecule is COCCCNC(=O)CN1C(=O)CSC(c2cccs2)c2c(C(C)(C)C)nn(-c3ccc(OC)cc3)c21. The fraction of sp³-hybridized carbons (Fsp3) is 0.444. The van der Waals surface area contributed by atoms with E-state index in [1.807, 2.05) is 35.0 Å². The number of rotatable bonds is 9. The van der Waals surface area contributed by atoms with Crippen LogP contribution < -0.4 is 15.0 Å². The van der Waals surface area contributed by atoms with Crippen LogP contribution in [0.15, 0.2) is 41.8 Å². The molecule has 0 radical (unpaired) electrons. The minimum Gasteiger partial charge on any atom is -0.497 e. The molecule has 0 aliphatic carbocycles. The number of ether oxygens (including phenoxy) is 2. The van der Waals surface area contributed by atoms with Gasteiger partial charge >= 0.3 is 0 Å². The molecule has 3 aromatic rings. The molecule has 37 heavy (non-hydrogen) atoms. The maximum Gasteiger partial charge on any atom is 0.240 e. The lowest BCUT2D eigenvalue weighted by atomic mass is 9.88. The van der Waals surface area contributed by atoms with Gasteiger partial charge in [-0.05, 0) is 42.1 Å². The third kappa shape index (κ3) is 6.02. The van der Waals surface area contributed by atoms with Gasteiger partial charge in [0.1, 0.15) is 18.1 Å². The van der Waals surface area contributed by atoms with Crippen molar-refractivity contribution in [3.63, 3.8) is 0 Å². The molecular formula is C27H34N4O4S2. The van der Waals surface area contributed by atoms with Gasteiger partial charge in [0.05, 0.1) is 29.5 Å². The number of carbonyl (C=O) groups is 2. The lowest BCUT2D eigenvalue weighted by Gasteiger charge is -2.24. The smallest absolute Gasteiger partial charge is 0.240 e. The predicted molar refractivity (Wildman–Crippen MR) is 149 cm³/mol. The zero-order chi connectivity index (χ0) is 26.6. The Hall–Kier alpha value is -2.82. The summed E-state index contributed by atoms with van der Waals surface area (Å²) >= 11 is 3.26. The second-order valence-corrected chi connectivity index (χ2v) is 11.9. The minimum atomic E-state index is -0.292. The Kier molecular flexibility index (Phi) is 8.61. The van der Waals surface area contributed by atoms with Gasteiger partial charge < -0.3 is 14.8 Å². The van der Waals surface area contributed by atoms with Crippen LogP contribution in [0.2, 0.25) is 0 Å². The summed E-state index contributed by atoms with van der Waals surface area (Å²) in [4.78, 5) is 29.3. The van der Waals surface area contributed by atoms with Crippen molar-refractivity contribution in [2.75, 3.05) is 44.6 Å². The Morgan fingerprint density at radius 2 is 1.95 bits per heavy atom. The summed E-state index contributed by atoms with van der Waals surface area (Å²) in [6.07, 6.45) is 0.704. The number of amides is 2. The van der Waals surface area contributed by atoms with Crippen LogP contribution in [0.4, 0.5) is 5.82 Å². The summed E-state index contributed by atoms with van der Waals surface area (Å²) in [7, 11) is 3.26. The Bertz CT molecular complexity index is 1220. The van der Waals surface area contributed by atoms with Gasteiger partial charge in [0.25, 0.3) is 0 Å². The molecular weight excluding hydrogens is 508 g/mol. The first-order valence-electron chi connectivity index (χ1n) is 12.2. The molecule has 1 N–H and O–H groups in total. The molecule has 1 aliphatic rings. The van der Waals surface area contributed by atoms with Crippen molar-refractivity contribution >= 4 is 40.7 Å². The van der Waals surface area contributed by atoms with Gasteiger partial charge in [-0.25, -0.2) is 4.68 Å². The van der Waals surface area contributed by atoms with Gasteiger partial charge in [0, 0.05) is 36.1 Å². The topological polar surface area (TPSA) is 85.7 Å². The molecule has 198 valence electrons. The highest BCUT2D eigenvalue weighted by molar-refractivity contribution is 8.00. The van der Waals surface area contributed by atoms with Crippen LogP contribution in [0, 0.1) is 0 Å². The molecule has 1 aromatic carbocycles. The molecule has 0 saturated carbocycles. The van der Waals surface area contributed by atoms with Crippen molar-refractivity contribution in [3.05, 3.63) is 57.9 Å². The second kappa shape index (κ2) is 11.7. The summed E-state index contributed by atoms with van der Waals surface area (Å²) in [5, 5.41) is 10.00.